The molecule has 2 rings (SSSR count). The van der Waals surface area contributed by atoms with Crippen LogP contribution in [0.15, 0.2) is 36.6 Å². The molecule has 1 aliphatic carbocycles. The number of hydrogen-bond donors (Lipinski definition) is 1. The topological polar surface area (TPSA) is 15.8 Å². The van der Waals surface area contributed by atoms with Crippen LogP contribution in [0.25, 0.3) is 0 Å². The smallest absolute Gasteiger partial charge is 0.484 e. The molecule has 0 fully saturated rings. The van der Waals surface area contributed by atoms with Gasteiger partial charge in [0.1, 0.15) is 0 Å². The third kappa shape index (κ3) is 13.9. The molecular weight excluding hydrogens is 259 g/mol. The van der Waals surface area contributed by atoms with Crippen LogP contribution in [0.3, 0.4) is 0 Å². The quantitative estimate of drug-likeness (QED) is 0.552. The Kier molecular flexibility index (Phi) is 16.8. The van der Waals surface area contributed by atoms with Crippen molar-refractivity contribution in [3.05, 3.63) is 55.8 Å². The monoisotopic (exact) mass is 276 g/mol. The molecule has 2 heteroatoms. The third-order valence-corrected chi connectivity index (χ3v) is 1.03. The normalized spacial score (nSPS) is 10.4. The van der Waals surface area contributed by atoms with Crippen molar-refractivity contribution in [3.63, 3.8) is 0 Å². The molecule has 0 spiro atoms. The summed E-state index contributed by atoms with van der Waals surface area (Å²) in [6.07, 6.45) is 15.6. The molecule has 77 valence electrons. The molecule has 1 radical (unpaired) electrons. The van der Waals surface area contributed by atoms with E-state index in [1.54, 1.807) is 0 Å². The van der Waals surface area contributed by atoms with E-state index >= 15 is 0 Å². The predicted molar refractivity (Wildman–Crippen MR) is 56.8 cm³/mol. The van der Waals surface area contributed by atoms with Crippen molar-refractivity contribution in [2.24, 2.45) is 0 Å². The van der Waals surface area contributed by atoms with Crippen molar-refractivity contribution in [2.45, 2.75) is 19.8 Å². The first-order valence-corrected chi connectivity index (χ1v) is 4.42. The molecule has 1 aromatic rings. The van der Waals surface area contributed by atoms with Gasteiger partial charge in [0.25, 0.3) is 0 Å². The van der Waals surface area contributed by atoms with E-state index in [0.29, 0.717) is 0 Å². The van der Waals surface area contributed by atoms with E-state index in [1.807, 2.05) is 37.4 Å². The van der Waals surface area contributed by atoms with Crippen LogP contribution in [0.2, 0.25) is 0 Å². The zero-order chi connectivity index (χ0) is 9.78. The Hall–Kier alpha value is -0.617. The van der Waals surface area contributed by atoms with Gasteiger partial charge in [-0.1, -0.05) is 6.92 Å². The Balaban J connectivity index is 0. The maximum Gasteiger partial charge on any atom is 3.00 e. The number of nitrogens with one attached hydrogen (secondary N) is 1. The SMILES string of the molecule is [C-]1=CC=CC1.[CH2-]CC.[Ru+3].[c-]1ccc[nH]1. The minimum absolute atomic E-state index is 0. The molecular formula is C12H16NRu. The molecule has 0 aromatic carbocycles. The molecule has 0 saturated heterocycles. The minimum Gasteiger partial charge on any atom is -0.484 e. The first-order chi connectivity index (χ1) is 6.41. The fourth-order valence-corrected chi connectivity index (χ4v) is 0.581. The molecule has 0 atom stereocenters. The maximum absolute atomic E-state index is 3.49. The summed E-state index contributed by atoms with van der Waals surface area (Å²) in [7, 11) is 0. The summed E-state index contributed by atoms with van der Waals surface area (Å²) in [5, 5.41) is 0. The average molecular weight is 275 g/mol. The second kappa shape index (κ2) is 14.9. The van der Waals surface area contributed by atoms with Crippen LogP contribution >= 0.6 is 0 Å². The molecule has 1 aromatic heterocycles. The zero-order valence-electron chi connectivity index (χ0n) is 8.44. The van der Waals surface area contributed by atoms with Crippen molar-refractivity contribution < 1.29 is 19.5 Å². The van der Waals surface area contributed by atoms with Crippen molar-refractivity contribution in [3.8, 4) is 0 Å². The minimum atomic E-state index is 0. The first kappa shape index (κ1) is 15.8. The number of aromatic amines is 1. The molecule has 14 heavy (non-hydrogen) atoms. The summed E-state index contributed by atoms with van der Waals surface area (Å²) in [5.41, 5.74) is 0. The van der Waals surface area contributed by atoms with E-state index in [9.17, 15) is 0 Å². The van der Waals surface area contributed by atoms with Crippen LogP contribution in [-0.4, -0.2) is 4.98 Å². The predicted octanol–water partition coefficient (Wildman–Crippen LogP) is 3.35. The summed E-state index contributed by atoms with van der Waals surface area (Å²) in [4.78, 5) is 2.74. The molecule has 0 unspecified atom stereocenters. The van der Waals surface area contributed by atoms with E-state index in [-0.39, 0.29) is 19.5 Å². The van der Waals surface area contributed by atoms with Crippen LogP contribution in [0.5, 0.6) is 0 Å². The van der Waals surface area contributed by atoms with Crippen LogP contribution < -0.4 is 0 Å². The molecule has 0 bridgehead atoms. The molecule has 0 amide bonds. The van der Waals surface area contributed by atoms with Gasteiger partial charge >= 0.3 is 19.5 Å². The van der Waals surface area contributed by atoms with Crippen molar-refractivity contribution in [1.82, 2.24) is 4.98 Å². The summed E-state index contributed by atoms with van der Waals surface area (Å²) in [6.45, 7) is 5.50. The van der Waals surface area contributed by atoms with Gasteiger partial charge in [0, 0.05) is 0 Å². The largest absolute Gasteiger partial charge is 3.00 e. The Morgan fingerprint density at radius 2 is 2.21 bits per heavy atom. The number of allylic oxidation sites excluding steroid dienone is 4. The Morgan fingerprint density at radius 1 is 1.50 bits per heavy atom. The Morgan fingerprint density at radius 3 is 2.36 bits per heavy atom. The molecule has 1 heterocycles. The second-order valence-corrected chi connectivity index (χ2v) is 2.32. The van der Waals surface area contributed by atoms with Gasteiger partial charge in [-0.3, -0.25) is 6.08 Å². The van der Waals surface area contributed by atoms with Crippen LogP contribution in [-0.2, 0) is 19.5 Å². The van der Waals surface area contributed by atoms with Gasteiger partial charge in [-0.15, -0.1) is 12.6 Å². The summed E-state index contributed by atoms with van der Waals surface area (Å²) < 4.78 is 0. The number of aromatic nitrogens is 1. The van der Waals surface area contributed by atoms with Gasteiger partial charge in [-0.25, -0.2) is 12.2 Å². The summed E-state index contributed by atoms with van der Waals surface area (Å²) in [6, 6.07) is 3.71. The third-order valence-electron chi connectivity index (χ3n) is 1.03. The fraction of sp³-hybridized carbons (Fsp3) is 0.250. The van der Waals surface area contributed by atoms with Crippen molar-refractivity contribution >= 4 is 0 Å². The van der Waals surface area contributed by atoms with E-state index in [2.05, 4.69) is 30.3 Å². The Bertz CT molecular complexity index is 185. The van der Waals surface area contributed by atoms with Crippen LogP contribution in [0, 0.1) is 19.2 Å². The van der Waals surface area contributed by atoms with E-state index in [1.165, 1.54) is 0 Å². The standard InChI is InChI=1S/C5H5.C4H4N.C3H7.Ru/c2*1-2-4-5-3-1;1-3-2;/h1-3H,4H2;1-3,5H;1,3H2,2H3;/q3*-1;+3. The first-order valence-electron chi connectivity index (χ1n) is 4.42. The van der Waals surface area contributed by atoms with Crippen molar-refractivity contribution in [2.75, 3.05) is 0 Å². The van der Waals surface area contributed by atoms with E-state index in [0.717, 1.165) is 12.8 Å². The van der Waals surface area contributed by atoms with Gasteiger partial charge in [-0.2, -0.15) is 30.8 Å². The van der Waals surface area contributed by atoms with Crippen molar-refractivity contribution in [1.29, 1.82) is 0 Å². The van der Waals surface area contributed by atoms with Crippen LogP contribution in [0.4, 0.5) is 0 Å². The fourth-order valence-electron chi connectivity index (χ4n) is 0.581. The second-order valence-electron chi connectivity index (χ2n) is 2.32. The van der Waals surface area contributed by atoms with Gasteiger partial charge in [0.2, 0.25) is 0 Å². The zero-order valence-corrected chi connectivity index (χ0v) is 10.2. The summed E-state index contributed by atoms with van der Waals surface area (Å²) in [5.74, 6) is 0. The molecule has 1 N–H and O–H groups in total. The molecule has 0 saturated carbocycles. The maximum atomic E-state index is 3.49. The summed E-state index contributed by atoms with van der Waals surface area (Å²) >= 11 is 0. The van der Waals surface area contributed by atoms with Gasteiger partial charge in [0.15, 0.2) is 0 Å². The van der Waals surface area contributed by atoms with Gasteiger partial charge < -0.3 is 11.9 Å². The molecule has 0 aliphatic heterocycles. The van der Waals surface area contributed by atoms with Crippen LogP contribution in [0.1, 0.15) is 19.8 Å². The van der Waals surface area contributed by atoms with E-state index < -0.39 is 0 Å². The van der Waals surface area contributed by atoms with Gasteiger partial charge in [-0.05, 0) is 0 Å². The van der Waals surface area contributed by atoms with E-state index in [4.69, 9.17) is 0 Å². The van der Waals surface area contributed by atoms with Gasteiger partial charge in [0.05, 0.1) is 0 Å². The number of hydrogen-bond acceptors (Lipinski definition) is 0. The molecule has 1 nitrogen and oxygen atoms in total. The number of rotatable bonds is 0. The number of H-pyrrole nitrogens is 1. The molecule has 1 aliphatic rings. The average Bonchev–Trinajstić information content (AvgIpc) is 2.85. The Labute approximate surface area is 100 Å².